The Morgan fingerprint density at radius 2 is 2.11 bits per heavy atom. The largest absolute Gasteiger partial charge is 0.324 e. The van der Waals surface area contributed by atoms with Gasteiger partial charge in [0.1, 0.15) is 6.04 Å². The molecule has 0 saturated carbocycles. The highest BCUT2D eigenvalue weighted by Crippen LogP contribution is 2.35. The summed E-state index contributed by atoms with van der Waals surface area (Å²) in [5.74, 6) is -0.401. The standard InChI is InChI=1S/C14H16N2O2/c1-4-12(17)16(9(2)3)13-10-7-5-6-8-11(10)15-14(13)18/h4-9,13H,1H2,2-3H3,(H,15,18). The first-order chi connectivity index (χ1) is 8.56. The monoisotopic (exact) mass is 244 g/mol. The fourth-order valence-corrected chi connectivity index (χ4v) is 2.25. The predicted molar refractivity (Wildman–Crippen MR) is 70.0 cm³/mol. The van der Waals surface area contributed by atoms with Gasteiger partial charge in [-0.1, -0.05) is 24.8 Å². The van der Waals surface area contributed by atoms with E-state index in [9.17, 15) is 9.59 Å². The van der Waals surface area contributed by atoms with Crippen LogP contribution in [0.25, 0.3) is 0 Å². The van der Waals surface area contributed by atoms with Crippen molar-refractivity contribution >= 4 is 17.5 Å². The number of nitrogens with zero attached hydrogens (tertiary/aromatic N) is 1. The number of rotatable bonds is 3. The van der Waals surface area contributed by atoms with Crippen molar-refractivity contribution in [2.24, 2.45) is 0 Å². The first-order valence-corrected chi connectivity index (χ1v) is 5.90. The molecule has 1 atom stereocenters. The molecule has 1 unspecified atom stereocenters. The molecule has 0 saturated heterocycles. The van der Waals surface area contributed by atoms with Gasteiger partial charge in [-0.2, -0.15) is 0 Å². The zero-order chi connectivity index (χ0) is 13.3. The molecule has 1 aliphatic heterocycles. The Bertz CT molecular complexity index is 508. The fourth-order valence-electron chi connectivity index (χ4n) is 2.25. The number of anilines is 1. The van der Waals surface area contributed by atoms with E-state index in [4.69, 9.17) is 0 Å². The van der Waals surface area contributed by atoms with Crippen LogP contribution in [0.15, 0.2) is 36.9 Å². The molecule has 0 aromatic heterocycles. The normalized spacial score (nSPS) is 17.3. The van der Waals surface area contributed by atoms with Gasteiger partial charge in [0, 0.05) is 17.3 Å². The third kappa shape index (κ3) is 1.90. The van der Waals surface area contributed by atoms with Crippen molar-refractivity contribution in [3.8, 4) is 0 Å². The number of carbonyl (C=O) groups excluding carboxylic acids is 2. The van der Waals surface area contributed by atoms with Crippen molar-refractivity contribution in [3.63, 3.8) is 0 Å². The van der Waals surface area contributed by atoms with Crippen LogP contribution >= 0.6 is 0 Å². The van der Waals surface area contributed by atoms with Crippen molar-refractivity contribution in [2.45, 2.75) is 25.9 Å². The third-order valence-corrected chi connectivity index (χ3v) is 3.03. The summed E-state index contributed by atoms with van der Waals surface area (Å²) in [6.45, 7) is 7.26. The first kappa shape index (κ1) is 12.4. The minimum Gasteiger partial charge on any atom is -0.324 e. The van der Waals surface area contributed by atoms with Gasteiger partial charge < -0.3 is 10.2 Å². The van der Waals surface area contributed by atoms with Crippen LogP contribution in [-0.2, 0) is 9.59 Å². The van der Waals surface area contributed by atoms with Crippen molar-refractivity contribution in [1.82, 2.24) is 4.90 Å². The van der Waals surface area contributed by atoms with E-state index in [0.717, 1.165) is 11.3 Å². The second-order valence-corrected chi connectivity index (χ2v) is 4.52. The lowest BCUT2D eigenvalue weighted by Gasteiger charge is -2.30. The summed E-state index contributed by atoms with van der Waals surface area (Å²) in [7, 11) is 0. The van der Waals surface area contributed by atoms with Gasteiger partial charge in [0.05, 0.1) is 0 Å². The topological polar surface area (TPSA) is 49.4 Å². The van der Waals surface area contributed by atoms with Crippen LogP contribution in [0.4, 0.5) is 5.69 Å². The summed E-state index contributed by atoms with van der Waals surface area (Å²) in [4.78, 5) is 25.5. The van der Waals surface area contributed by atoms with Crippen molar-refractivity contribution in [2.75, 3.05) is 5.32 Å². The van der Waals surface area contributed by atoms with E-state index < -0.39 is 6.04 Å². The molecule has 1 heterocycles. The lowest BCUT2D eigenvalue weighted by Crippen LogP contribution is -2.41. The van der Waals surface area contributed by atoms with Crippen molar-refractivity contribution in [3.05, 3.63) is 42.5 Å². The van der Waals surface area contributed by atoms with Gasteiger partial charge in [-0.25, -0.2) is 0 Å². The SMILES string of the molecule is C=CC(=O)N(C(C)C)C1C(=O)Nc2ccccc21. The van der Waals surface area contributed by atoms with E-state index in [1.807, 2.05) is 38.1 Å². The van der Waals surface area contributed by atoms with Gasteiger partial charge in [-0.15, -0.1) is 0 Å². The van der Waals surface area contributed by atoms with E-state index >= 15 is 0 Å². The van der Waals surface area contributed by atoms with E-state index in [1.54, 1.807) is 4.90 Å². The number of carbonyl (C=O) groups is 2. The number of hydrogen-bond acceptors (Lipinski definition) is 2. The lowest BCUT2D eigenvalue weighted by atomic mass is 10.0. The molecule has 0 bridgehead atoms. The molecule has 0 aliphatic carbocycles. The molecule has 1 aromatic carbocycles. The third-order valence-electron chi connectivity index (χ3n) is 3.03. The van der Waals surface area contributed by atoms with Crippen LogP contribution in [0.1, 0.15) is 25.5 Å². The maximum absolute atomic E-state index is 12.1. The van der Waals surface area contributed by atoms with Crippen LogP contribution in [0.3, 0.4) is 0 Å². The second-order valence-electron chi connectivity index (χ2n) is 4.52. The van der Waals surface area contributed by atoms with Crippen LogP contribution in [-0.4, -0.2) is 22.8 Å². The molecule has 2 amide bonds. The second kappa shape index (κ2) is 4.64. The smallest absolute Gasteiger partial charge is 0.251 e. The van der Waals surface area contributed by atoms with Crippen LogP contribution in [0.2, 0.25) is 0 Å². The van der Waals surface area contributed by atoms with Gasteiger partial charge in [0.15, 0.2) is 0 Å². The van der Waals surface area contributed by atoms with Gasteiger partial charge in [0.2, 0.25) is 5.91 Å². The van der Waals surface area contributed by atoms with Gasteiger partial charge in [0.25, 0.3) is 5.91 Å². The fraction of sp³-hybridized carbons (Fsp3) is 0.286. The average molecular weight is 244 g/mol. The molecule has 0 spiro atoms. The van der Waals surface area contributed by atoms with Gasteiger partial charge in [-0.3, -0.25) is 9.59 Å². The Kier molecular flexibility index (Phi) is 3.19. The zero-order valence-corrected chi connectivity index (χ0v) is 10.5. The summed E-state index contributed by atoms with van der Waals surface area (Å²) in [5, 5.41) is 2.79. The van der Waals surface area contributed by atoms with E-state index in [1.165, 1.54) is 6.08 Å². The average Bonchev–Trinajstić information content (AvgIpc) is 2.66. The van der Waals surface area contributed by atoms with Gasteiger partial charge >= 0.3 is 0 Å². The molecular weight excluding hydrogens is 228 g/mol. The summed E-state index contributed by atoms with van der Waals surface area (Å²) in [6, 6.07) is 6.79. The molecule has 0 radical (unpaired) electrons. The van der Waals surface area contributed by atoms with E-state index in [-0.39, 0.29) is 17.9 Å². The summed E-state index contributed by atoms with van der Waals surface area (Å²) < 4.78 is 0. The highest BCUT2D eigenvalue weighted by atomic mass is 16.2. The molecule has 4 nitrogen and oxygen atoms in total. The summed E-state index contributed by atoms with van der Waals surface area (Å²) in [6.07, 6.45) is 1.24. The Labute approximate surface area is 106 Å². The quantitative estimate of drug-likeness (QED) is 0.828. The van der Waals surface area contributed by atoms with Crippen molar-refractivity contribution < 1.29 is 9.59 Å². The minimum atomic E-state index is -0.563. The number of fused-ring (bicyclic) bond motifs is 1. The predicted octanol–water partition coefficient (Wildman–Crippen LogP) is 2.10. The molecule has 1 aromatic rings. The summed E-state index contributed by atoms with van der Waals surface area (Å²) >= 11 is 0. The number of nitrogens with one attached hydrogen (secondary N) is 1. The lowest BCUT2D eigenvalue weighted by molar-refractivity contribution is -0.136. The highest BCUT2D eigenvalue weighted by molar-refractivity contribution is 6.05. The zero-order valence-electron chi connectivity index (χ0n) is 10.5. The van der Waals surface area contributed by atoms with Crippen molar-refractivity contribution in [1.29, 1.82) is 0 Å². The highest BCUT2D eigenvalue weighted by Gasteiger charge is 2.37. The van der Waals surface area contributed by atoms with Gasteiger partial charge in [-0.05, 0) is 26.0 Å². The summed E-state index contributed by atoms with van der Waals surface area (Å²) in [5.41, 5.74) is 1.61. The molecule has 1 N–H and O–H groups in total. The Balaban J connectivity index is 2.45. The maximum atomic E-state index is 12.1. The molecule has 18 heavy (non-hydrogen) atoms. The molecule has 2 rings (SSSR count). The molecule has 0 fully saturated rings. The number of hydrogen-bond donors (Lipinski definition) is 1. The minimum absolute atomic E-state index is 0.0718. The Morgan fingerprint density at radius 1 is 1.44 bits per heavy atom. The molecule has 4 heteroatoms. The van der Waals surface area contributed by atoms with E-state index in [2.05, 4.69) is 11.9 Å². The number of para-hydroxylation sites is 1. The van der Waals surface area contributed by atoms with Crippen LogP contribution < -0.4 is 5.32 Å². The first-order valence-electron chi connectivity index (χ1n) is 5.90. The molecule has 1 aliphatic rings. The van der Waals surface area contributed by atoms with Crippen LogP contribution in [0.5, 0.6) is 0 Å². The van der Waals surface area contributed by atoms with E-state index in [0.29, 0.717) is 0 Å². The molecular formula is C14H16N2O2. The number of amides is 2. The molecule has 94 valence electrons. The van der Waals surface area contributed by atoms with Crippen LogP contribution in [0, 0.1) is 0 Å². The Morgan fingerprint density at radius 3 is 2.72 bits per heavy atom. The Hall–Kier alpha value is -2.10. The maximum Gasteiger partial charge on any atom is 0.251 e. The number of benzene rings is 1.